The minimum atomic E-state index is -0.364. The van der Waals surface area contributed by atoms with Gasteiger partial charge in [0.1, 0.15) is 0 Å². The average molecular weight is 293 g/mol. The summed E-state index contributed by atoms with van der Waals surface area (Å²) in [6.45, 7) is 7.08. The monoisotopic (exact) mass is 292 g/mol. The molecule has 2 rings (SSSR count). The van der Waals surface area contributed by atoms with Crippen molar-refractivity contribution in [2.75, 3.05) is 19.6 Å². The van der Waals surface area contributed by atoms with Gasteiger partial charge in [0, 0.05) is 11.6 Å². The molecule has 0 saturated carbocycles. The van der Waals surface area contributed by atoms with Crippen LogP contribution in [0.25, 0.3) is 0 Å². The number of rotatable bonds is 5. The highest BCUT2D eigenvalue weighted by Gasteiger charge is 2.28. The van der Waals surface area contributed by atoms with Gasteiger partial charge in [0.2, 0.25) is 0 Å². The van der Waals surface area contributed by atoms with Gasteiger partial charge in [-0.1, -0.05) is 42.7 Å². The third-order valence-electron chi connectivity index (χ3n) is 4.13. The summed E-state index contributed by atoms with van der Waals surface area (Å²) in [7, 11) is 0. The third-order valence-corrected chi connectivity index (χ3v) is 4.38. The molecule has 0 aliphatic carbocycles. The normalized spacial score (nSPS) is 20.1. The first-order valence-corrected chi connectivity index (χ1v) is 7.90. The van der Waals surface area contributed by atoms with Crippen LogP contribution in [-0.2, 0) is 5.54 Å². The van der Waals surface area contributed by atoms with Gasteiger partial charge in [-0.25, -0.2) is 0 Å². The Hall–Kier alpha value is -0.830. The van der Waals surface area contributed by atoms with Crippen molar-refractivity contribution in [2.24, 2.45) is 5.73 Å². The Labute approximate surface area is 127 Å². The topological polar surface area (TPSA) is 29.3 Å². The van der Waals surface area contributed by atoms with E-state index in [2.05, 4.69) is 11.5 Å². The standard InChI is InChI=1S/C17H25ClN2/c1-2-11-17(19,15-7-9-16(18)10-8-15)14-20-12-5-3-4-6-13-20/h2,7-10H,1,3-6,11-14,19H2. The van der Waals surface area contributed by atoms with E-state index in [1.165, 1.54) is 25.7 Å². The number of halogens is 1. The van der Waals surface area contributed by atoms with Crippen molar-refractivity contribution in [1.29, 1.82) is 0 Å². The molecule has 2 nitrogen and oxygen atoms in total. The molecule has 0 spiro atoms. The number of hydrogen-bond donors (Lipinski definition) is 1. The van der Waals surface area contributed by atoms with E-state index in [9.17, 15) is 0 Å². The van der Waals surface area contributed by atoms with Gasteiger partial charge in [-0.15, -0.1) is 6.58 Å². The van der Waals surface area contributed by atoms with Crippen LogP contribution < -0.4 is 5.73 Å². The Morgan fingerprint density at radius 3 is 2.30 bits per heavy atom. The third kappa shape index (κ3) is 4.08. The average Bonchev–Trinajstić information content (AvgIpc) is 2.68. The Balaban J connectivity index is 2.14. The van der Waals surface area contributed by atoms with Crippen LogP contribution >= 0.6 is 11.6 Å². The Morgan fingerprint density at radius 2 is 1.75 bits per heavy atom. The molecule has 1 fully saturated rings. The van der Waals surface area contributed by atoms with Crippen molar-refractivity contribution < 1.29 is 0 Å². The summed E-state index contributed by atoms with van der Waals surface area (Å²) in [5, 5.41) is 0.754. The largest absolute Gasteiger partial charge is 0.320 e. The molecule has 1 aromatic rings. The van der Waals surface area contributed by atoms with Crippen LogP contribution in [0.15, 0.2) is 36.9 Å². The van der Waals surface area contributed by atoms with Crippen LogP contribution in [0.5, 0.6) is 0 Å². The van der Waals surface area contributed by atoms with E-state index in [4.69, 9.17) is 17.3 Å². The van der Waals surface area contributed by atoms with Crippen molar-refractivity contribution in [1.82, 2.24) is 4.90 Å². The molecule has 0 radical (unpaired) electrons. The first-order chi connectivity index (χ1) is 9.64. The zero-order valence-corrected chi connectivity index (χ0v) is 12.9. The smallest absolute Gasteiger partial charge is 0.0573 e. The molecule has 3 heteroatoms. The molecule has 2 N–H and O–H groups in total. The van der Waals surface area contributed by atoms with Gasteiger partial charge in [0.15, 0.2) is 0 Å². The second kappa shape index (κ2) is 7.26. The maximum atomic E-state index is 6.71. The van der Waals surface area contributed by atoms with Crippen molar-refractivity contribution in [3.63, 3.8) is 0 Å². The van der Waals surface area contributed by atoms with Crippen molar-refractivity contribution in [2.45, 2.75) is 37.6 Å². The fraction of sp³-hybridized carbons (Fsp3) is 0.529. The summed E-state index contributed by atoms with van der Waals surface area (Å²) in [5.41, 5.74) is 7.49. The Bertz CT molecular complexity index is 421. The van der Waals surface area contributed by atoms with Crippen LogP contribution in [0.3, 0.4) is 0 Å². The van der Waals surface area contributed by atoms with Crippen molar-refractivity contribution in [3.05, 3.63) is 47.5 Å². The lowest BCUT2D eigenvalue weighted by atomic mass is 9.87. The lowest BCUT2D eigenvalue weighted by molar-refractivity contribution is 0.215. The van der Waals surface area contributed by atoms with E-state index in [0.29, 0.717) is 0 Å². The minimum Gasteiger partial charge on any atom is -0.320 e. The van der Waals surface area contributed by atoms with Gasteiger partial charge < -0.3 is 10.6 Å². The van der Waals surface area contributed by atoms with E-state index < -0.39 is 0 Å². The van der Waals surface area contributed by atoms with Gasteiger partial charge in [-0.3, -0.25) is 0 Å². The number of nitrogens with zero attached hydrogens (tertiary/aromatic N) is 1. The highest BCUT2D eigenvalue weighted by atomic mass is 35.5. The fourth-order valence-corrected chi connectivity index (χ4v) is 3.13. The molecule has 0 aromatic heterocycles. The predicted octanol–water partition coefficient (Wildman–Crippen LogP) is 3.95. The minimum absolute atomic E-state index is 0.364. The van der Waals surface area contributed by atoms with Crippen LogP contribution in [0.4, 0.5) is 0 Å². The summed E-state index contributed by atoms with van der Waals surface area (Å²) in [5.74, 6) is 0. The molecule has 1 heterocycles. The highest BCUT2D eigenvalue weighted by molar-refractivity contribution is 6.30. The summed E-state index contributed by atoms with van der Waals surface area (Å²) in [6, 6.07) is 7.93. The zero-order valence-electron chi connectivity index (χ0n) is 12.2. The molecule has 0 amide bonds. The van der Waals surface area contributed by atoms with E-state index >= 15 is 0 Å². The molecule has 0 bridgehead atoms. The highest BCUT2D eigenvalue weighted by Crippen LogP contribution is 2.26. The quantitative estimate of drug-likeness (QED) is 0.833. The van der Waals surface area contributed by atoms with Crippen LogP contribution in [0.2, 0.25) is 5.02 Å². The van der Waals surface area contributed by atoms with Crippen LogP contribution in [-0.4, -0.2) is 24.5 Å². The molecule has 1 aromatic carbocycles. The summed E-state index contributed by atoms with van der Waals surface area (Å²) >= 11 is 5.98. The molecular weight excluding hydrogens is 268 g/mol. The van der Waals surface area contributed by atoms with Gasteiger partial charge in [-0.05, 0) is 50.0 Å². The van der Waals surface area contributed by atoms with Gasteiger partial charge in [0.05, 0.1) is 5.54 Å². The number of hydrogen-bond acceptors (Lipinski definition) is 2. The molecular formula is C17H25ClN2. The molecule has 1 atom stereocenters. The predicted molar refractivity (Wildman–Crippen MR) is 87.0 cm³/mol. The lowest BCUT2D eigenvalue weighted by Crippen LogP contribution is -2.47. The SMILES string of the molecule is C=CCC(N)(CN1CCCCCC1)c1ccc(Cl)cc1. The first-order valence-electron chi connectivity index (χ1n) is 7.52. The molecule has 1 unspecified atom stereocenters. The van der Waals surface area contributed by atoms with Crippen LogP contribution in [0.1, 0.15) is 37.7 Å². The Morgan fingerprint density at radius 1 is 1.15 bits per heavy atom. The summed E-state index contributed by atoms with van der Waals surface area (Å²) in [4.78, 5) is 2.51. The summed E-state index contributed by atoms with van der Waals surface area (Å²) in [6.07, 6.45) is 7.96. The van der Waals surface area contributed by atoms with Gasteiger partial charge in [0.25, 0.3) is 0 Å². The summed E-state index contributed by atoms with van der Waals surface area (Å²) < 4.78 is 0. The number of likely N-dealkylation sites (tertiary alicyclic amines) is 1. The second-order valence-corrected chi connectivity index (χ2v) is 6.28. The van der Waals surface area contributed by atoms with Crippen molar-refractivity contribution >= 4 is 11.6 Å². The maximum Gasteiger partial charge on any atom is 0.0573 e. The first kappa shape index (κ1) is 15.6. The number of benzene rings is 1. The van der Waals surface area contributed by atoms with Gasteiger partial charge in [-0.2, -0.15) is 0 Å². The maximum absolute atomic E-state index is 6.71. The van der Waals surface area contributed by atoms with E-state index in [0.717, 1.165) is 36.6 Å². The molecule has 1 aliphatic rings. The number of nitrogens with two attached hydrogens (primary N) is 1. The fourth-order valence-electron chi connectivity index (χ4n) is 3.01. The Kier molecular flexibility index (Phi) is 5.64. The second-order valence-electron chi connectivity index (χ2n) is 5.85. The van der Waals surface area contributed by atoms with E-state index in [-0.39, 0.29) is 5.54 Å². The zero-order chi connectivity index (χ0) is 14.4. The van der Waals surface area contributed by atoms with E-state index in [1.807, 2.05) is 30.3 Å². The lowest BCUT2D eigenvalue weighted by Gasteiger charge is -2.35. The molecule has 1 saturated heterocycles. The van der Waals surface area contributed by atoms with Crippen LogP contribution in [0, 0.1) is 0 Å². The van der Waals surface area contributed by atoms with Crippen molar-refractivity contribution in [3.8, 4) is 0 Å². The van der Waals surface area contributed by atoms with Gasteiger partial charge >= 0.3 is 0 Å². The molecule has 1 aliphatic heterocycles. The molecule has 20 heavy (non-hydrogen) atoms. The molecule has 110 valence electrons. The van der Waals surface area contributed by atoms with E-state index in [1.54, 1.807) is 0 Å².